The van der Waals surface area contributed by atoms with Gasteiger partial charge < -0.3 is 10.1 Å². The van der Waals surface area contributed by atoms with E-state index in [1.165, 1.54) is 11.1 Å². The van der Waals surface area contributed by atoms with Crippen LogP contribution in [-0.2, 0) is 10.2 Å². The minimum Gasteiger partial charge on any atom is -0.385 e. The normalized spacial score (nSPS) is 13.6. The highest BCUT2D eigenvalue weighted by Crippen LogP contribution is 2.25. The Hall–Kier alpha value is -0.860. The number of methoxy groups -OCH3 is 1. The molecular formula is C16H27NO. The van der Waals surface area contributed by atoms with Crippen LogP contribution in [0.1, 0.15) is 50.8 Å². The van der Waals surface area contributed by atoms with Crippen LogP contribution >= 0.6 is 0 Å². The fourth-order valence-corrected chi connectivity index (χ4v) is 2.12. The maximum Gasteiger partial charge on any atom is 0.0462 e. The molecule has 2 nitrogen and oxygen atoms in total. The summed E-state index contributed by atoms with van der Waals surface area (Å²) in [6.07, 6.45) is 2.20. The van der Waals surface area contributed by atoms with Crippen LogP contribution in [0.2, 0.25) is 0 Å². The zero-order valence-corrected chi connectivity index (χ0v) is 12.4. The van der Waals surface area contributed by atoms with Crippen molar-refractivity contribution in [3.63, 3.8) is 0 Å². The van der Waals surface area contributed by atoms with E-state index in [-0.39, 0.29) is 5.41 Å². The quantitative estimate of drug-likeness (QED) is 0.777. The predicted octanol–water partition coefficient (Wildman–Crippen LogP) is 3.67. The molecule has 0 fully saturated rings. The topological polar surface area (TPSA) is 21.3 Å². The first-order chi connectivity index (χ1) is 8.49. The van der Waals surface area contributed by atoms with Gasteiger partial charge in [0.25, 0.3) is 0 Å². The lowest BCUT2D eigenvalue weighted by Gasteiger charge is -2.21. The molecule has 0 bridgehead atoms. The van der Waals surface area contributed by atoms with Crippen molar-refractivity contribution in [1.82, 2.24) is 5.32 Å². The van der Waals surface area contributed by atoms with Crippen molar-refractivity contribution in [1.29, 1.82) is 0 Å². The third kappa shape index (κ3) is 4.43. The van der Waals surface area contributed by atoms with E-state index in [0.29, 0.717) is 6.04 Å². The van der Waals surface area contributed by atoms with Crippen LogP contribution in [0.4, 0.5) is 0 Å². The summed E-state index contributed by atoms with van der Waals surface area (Å²) in [5.41, 5.74) is 2.98. The van der Waals surface area contributed by atoms with E-state index in [4.69, 9.17) is 4.74 Å². The van der Waals surface area contributed by atoms with Crippen molar-refractivity contribution in [3.8, 4) is 0 Å². The van der Waals surface area contributed by atoms with Crippen molar-refractivity contribution in [2.45, 2.75) is 45.1 Å². The Labute approximate surface area is 112 Å². The molecule has 0 spiro atoms. The number of hydrogen-bond acceptors (Lipinski definition) is 2. The smallest absolute Gasteiger partial charge is 0.0462 e. The molecule has 0 aromatic heterocycles. The van der Waals surface area contributed by atoms with Crippen LogP contribution in [0.25, 0.3) is 0 Å². The molecule has 1 aromatic carbocycles. The van der Waals surface area contributed by atoms with Gasteiger partial charge in [-0.25, -0.2) is 0 Å². The first-order valence-corrected chi connectivity index (χ1v) is 6.75. The minimum absolute atomic E-state index is 0.226. The van der Waals surface area contributed by atoms with Crippen molar-refractivity contribution in [3.05, 3.63) is 35.4 Å². The molecule has 0 aliphatic rings. The van der Waals surface area contributed by atoms with Gasteiger partial charge in [0.15, 0.2) is 0 Å². The van der Waals surface area contributed by atoms with E-state index in [1.54, 1.807) is 7.11 Å². The molecule has 1 atom stereocenters. The van der Waals surface area contributed by atoms with Gasteiger partial charge in [-0.1, -0.05) is 45.0 Å². The lowest BCUT2D eigenvalue weighted by Crippen LogP contribution is -2.17. The molecule has 0 aliphatic heterocycles. The Morgan fingerprint density at radius 1 is 1.17 bits per heavy atom. The Morgan fingerprint density at radius 3 is 2.22 bits per heavy atom. The fraction of sp³-hybridized carbons (Fsp3) is 0.625. The molecule has 1 N–H and O–H groups in total. The summed E-state index contributed by atoms with van der Waals surface area (Å²) in [5, 5.41) is 3.38. The standard InChI is InChI=1S/C16H27NO/c1-16(2,3)14-10-8-13(9-11-14)15(17-4)7-6-12-18-5/h8-11,15,17H,6-7,12H2,1-5H3. The molecule has 0 saturated heterocycles. The number of benzene rings is 1. The summed E-state index contributed by atoms with van der Waals surface area (Å²) in [5.74, 6) is 0. The maximum atomic E-state index is 5.11. The second-order valence-corrected chi connectivity index (χ2v) is 5.85. The van der Waals surface area contributed by atoms with Gasteiger partial charge in [0.1, 0.15) is 0 Å². The zero-order valence-electron chi connectivity index (χ0n) is 12.4. The highest BCUT2D eigenvalue weighted by molar-refractivity contribution is 5.29. The lowest BCUT2D eigenvalue weighted by atomic mass is 9.86. The van der Waals surface area contributed by atoms with Crippen LogP contribution in [0, 0.1) is 0 Å². The van der Waals surface area contributed by atoms with Crippen molar-refractivity contribution >= 4 is 0 Å². The second-order valence-electron chi connectivity index (χ2n) is 5.85. The number of nitrogens with one attached hydrogen (secondary N) is 1. The molecule has 0 aliphatic carbocycles. The highest BCUT2D eigenvalue weighted by atomic mass is 16.5. The van der Waals surface area contributed by atoms with Gasteiger partial charge in [-0.05, 0) is 36.4 Å². The highest BCUT2D eigenvalue weighted by Gasteiger charge is 2.14. The Balaban J connectivity index is 2.69. The SMILES string of the molecule is CNC(CCCOC)c1ccc(C(C)(C)C)cc1. The number of hydrogen-bond donors (Lipinski definition) is 1. The summed E-state index contributed by atoms with van der Waals surface area (Å²) in [4.78, 5) is 0. The van der Waals surface area contributed by atoms with Crippen LogP contribution < -0.4 is 5.32 Å². The van der Waals surface area contributed by atoms with Crippen molar-refractivity contribution in [2.75, 3.05) is 20.8 Å². The second kappa shape index (κ2) is 6.91. The summed E-state index contributed by atoms with van der Waals surface area (Å²) in [6, 6.07) is 9.41. The summed E-state index contributed by atoms with van der Waals surface area (Å²) < 4.78 is 5.11. The van der Waals surface area contributed by atoms with E-state index in [1.807, 2.05) is 7.05 Å². The predicted molar refractivity (Wildman–Crippen MR) is 78.1 cm³/mol. The van der Waals surface area contributed by atoms with Crippen LogP contribution in [0.5, 0.6) is 0 Å². The average molecular weight is 249 g/mol. The molecule has 0 amide bonds. The Bertz CT molecular complexity index is 337. The van der Waals surface area contributed by atoms with E-state index >= 15 is 0 Å². The average Bonchev–Trinajstić information content (AvgIpc) is 2.34. The van der Waals surface area contributed by atoms with Gasteiger partial charge in [0.05, 0.1) is 0 Å². The molecule has 0 saturated carbocycles. The van der Waals surface area contributed by atoms with Crippen molar-refractivity contribution in [2.24, 2.45) is 0 Å². The van der Waals surface area contributed by atoms with Crippen LogP contribution in [-0.4, -0.2) is 20.8 Å². The third-order valence-electron chi connectivity index (χ3n) is 3.37. The van der Waals surface area contributed by atoms with Crippen LogP contribution in [0.3, 0.4) is 0 Å². The van der Waals surface area contributed by atoms with E-state index in [2.05, 4.69) is 50.4 Å². The van der Waals surface area contributed by atoms with Gasteiger partial charge in [0.2, 0.25) is 0 Å². The maximum absolute atomic E-state index is 5.11. The van der Waals surface area contributed by atoms with Gasteiger partial charge in [-0.3, -0.25) is 0 Å². The molecule has 102 valence electrons. The van der Waals surface area contributed by atoms with E-state index in [0.717, 1.165) is 19.4 Å². The molecular weight excluding hydrogens is 222 g/mol. The molecule has 2 heteroatoms. The molecule has 1 aromatic rings. The van der Waals surface area contributed by atoms with Crippen LogP contribution in [0.15, 0.2) is 24.3 Å². The molecule has 18 heavy (non-hydrogen) atoms. The summed E-state index contributed by atoms with van der Waals surface area (Å²) >= 11 is 0. The van der Waals surface area contributed by atoms with Gasteiger partial charge >= 0.3 is 0 Å². The van der Waals surface area contributed by atoms with Crippen molar-refractivity contribution < 1.29 is 4.74 Å². The van der Waals surface area contributed by atoms with Gasteiger partial charge in [-0.2, -0.15) is 0 Å². The third-order valence-corrected chi connectivity index (χ3v) is 3.37. The Kier molecular flexibility index (Phi) is 5.83. The number of rotatable bonds is 6. The van der Waals surface area contributed by atoms with E-state index in [9.17, 15) is 0 Å². The first kappa shape index (κ1) is 15.2. The lowest BCUT2D eigenvalue weighted by molar-refractivity contribution is 0.189. The largest absolute Gasteiger partial charge is 0.385 e. The van der Waals surface area contributed by atoms with E-state index < -0.39 is 0 Å². The molecule has 1 rings (SSSR count). The monoisotopic (exact) mass is 249 g/mol. The molecule has 0 radical (unpaired) electrons. The number of ether oxygens (including phenoxy) is 1. The fourth-order valence-electron chi connectivity index (χ4n) is 2.12. The first-order valence-electron chi connectivity index (χ1n) is 6.75. The van der Waals surface area contributed by atoms with Gasteiger partial charge in [0, 0.05) is 19.8 Å². The summed E-state index contributed by atoms with van der Waals surface area (Å²) in [7, 11) is 3.78. The Morgan fingerprint density at radius 2 is 1.78 bits per heavy atom. The molecule has 0 heterocycles. The minimum atomic E-state index is 0.226. The summed E-state index contributed by atoms with van der Waals surface area (Å²) in [6.45, 7) is 7.57. The molecule has 1 unspecified atom stereocenters. The van der Waals surface area contributed by atoms with Gasteiger partial charge in [-0.15, -0.1) is 0 Å². The zero-order chi connectivity index (χ0) is 13.6.